The quantitative estimate of drug-likeness (QED) is 0.0976. The van der Waals surface area contributed by atoms with Crippen molar-refractivity contribution in [3.05, 3.63) is 119 Å². The SMILES string of the molecule is Cc1nnc2n1-c1ccc(-c3cnn(C)c3)cc1C(c1ccc(NCCCCCCn3cc(CNc4cccc5c4C(=O)N(C4CCC(=O)NC4=O)C5=O)nn3)cc1)=NC21CC1. The van der Waals surface area contributed by atoms with Crippen LogP contribution in [0.15, 0.2) is 84.2 Å². The van der Waals surface area contributed by atoms with E-state index in [1.807, 2.05) is 41.9 Å². The van der Waals surface area contributed by atoms with Gasteiger partial charge in [-0.05, 0) is 81.0 Å². The molecule has 2 fully saturated rings. The number of aromatic nitrogens is 8. The number of aryl methyl sites for hydroxylation is 3. The number of carbonyl (C=O) groups is 4. The molecule has 6 aromatic rings. The van der Waals surface area contributed by atoms with Gasteiger partial charge in [0.05, 0.1) is 41.5 Å². The Morgan fingerprint density at radius 3 is 2.45 bits per heavy atom. The zero-order valence-electron chi connectivity index (χ0n) is 34.5. The Kier molecular flexibility index (Phi) is 9.80. The molecule has 1 aliphatic carbocycles. The Morgan fingerprint density at radius 2 is 1.66 bits per heavy atom. The number of benzene rings is 3. The van der Waals surface area contributed by atoms with Gasteiger partial charge in [0.2, 0.25) is 11.8 Å². The van der Waals surface area contributed by atoms with Crippen LogP contribution < -0.4 is 16.0 Å². The summed E-state index contributed by atoms with van der Waals surface area (Å²) in [5, 5.41) is 31.1. The summed E-state index contributed by atoms with van der Waals surface area (Å²) >= 11 is 0. The molecule has 1 atom stereocenters. The fraction of sp³-hybridized carbons (Fsp3) is 0.333. The maximum absolute atomic E-state index is 13.4. The van der Waals surface area contributed by atoms with Gasteiger partial charge < -0.3 is 10.6 Å². The van der Waals surface area contributed by atoms with Gasteiger partial charge in [-0.1, -0.05) is 42.3 Å². The van der Waals surface area contributed by atoms with E-state index < -0.39 is 29.7 Å². The molecule has 1 spiro atoms. The van der Waals surface area contributed by atoms with Gasteiger partial charge >= 0.3 is 0 Å². The Labute approximate surface area is 356 Å². The molecule has 4 aliphatic rings. The van der Waals surface area contributed by atoms with Gasteiger partial charge in [-0.15, -0.1) is 15.3 Å². The van der Waals surface area contributed by atoms with E-state index in [1.54, 1.807) is 18.2 Å². The number of nitrogens with one attached hydrogen (secondary N) is 3. The molecule has 0 bridgehead atoms. The largest absolute Gasteiger partial charge is 0.385 e. The number of hydrogen-bond acceptors (Lipinski definition) is 12. The smallest absolute Gasteiger partial charge is 0.264 e. The van der Waals surface area contributed by atoms with E-state index in [0.29, 0.717) is 17.9 Å². The van der Waals surface area contributed by atoms with Crippen molar-refractivity contribution >= 4 is 40.7 Å². The molecule has 10 rings (SSSR count). The first-order valence-corrected chi connectivity index (χ1v) is 21.1. The second kappa shape index (κ2) is 15.6. The highest BCUT2D eigenvalue weighted by molar-refractivity contribution is 6.25. The lowest BCUT2D eigenvalue weighted by Crippen LogP contribution is -2.54. The number of carbonyl (C=O) groups excluding carboxylic acids is 4. The lowest BCUT2D eigenvalue weighted by Gasteiger charge is -2.27. The fourth-order valence-corrected chi connectivity index (χ4v) is 8.73. The molecule has 0 radical (unpaired) electrons. The van der Waals surface area contributed by atoms with Crippen LogP contribution in [0.5, 0.6) is 0 Å². The summed E-state index contributed by atoms with van der Waals surface area (Å²) < 4.78 is 5.82. The number of imide groups is 2. The molecular weight excluding hydrogens is 787 g/mol. The van der Waals surface area contributed by atoms with Gasteiger partial charge in [-0.25, -0.2) is 0 Å². The minimum absolute atomic E-state index is 0.0654. The van der Waals surface area contributed by atoms with Crippen LogP contribution in [-0.4, -0.2) is 86.4 Å². The number of piperidine rings is 1. The van der Waals surface area contributed by atoms with Crippen LogP contribution in [0.1, 0.15) is 101 Å². The third kappa shape index (κ3) is 7.12. The van der Waals surface area contributed by atoms with Crippen molar-refractivity contribution in [1.29, 1.82) is 0 Å². The van der Waals surface area contributed by atoms with E-state index in [9.17, 15) is 19.2 Å². The van der Waals surface area contributed by atoms with Crippen LogP contribution >= 0.6 is 0 Å². The second-order valence-corrected chi connectivity index (χ2v) is 16.5. The van der Waals surface area contributed by atoms with E-state index in [2.05, 4.69) is 88.6 Å². The Morgan fingerprint density at radius 1 is 0.839 bits per heavy atom. The maximum atomic E-state index is 13.4. The molecule has 3 aromatic heterocycles. The van der Waals surface area contributed by atoms with Crippen molar-refractivity contribution < 1.29 is 19.2 Å². The van der Waals surface area contributed by atoms with Gasteiger partial charge in [-0.2, -0.15) is 5.10 Å². The highest BCUT2D eigenvalue weighted by atomic mass is 16.2. The van der Waals surface area contributed by atoms with Crippen LogP contribution in [0, 0.1) is 6.92 Å². The first-order chi connectivity index (χ1) is 30.2. The first-order valence-electron chi connectivity index (χ1n) is 21.1. The molecule has 17 nitrogen and oxygen atoms in total. The Hall–Kier alpha value is -7.30. The van der Waals surface area contributed by atoms with Crippen LogP contribution in [0.4, 0.5) is 11.4 Å². The van der Waals surface area contributed by atoms with Gasteiger partial charge in [0.15, 0.2) is 5.82 Å². The number of fused-ring (bicyclic) bond motifs is 5. The molecule has 3 N–H and O–H groups in total. The average molecular weight is 832 g/mol. The van der Waals surface area contributed by atoms with E-state index in [0.717, 1.165) is 108 Å². The molecule has 3 aromatic carbocycles. The molecular formula is C45H45N13O4. The summed E-state index contributed by atoms with van der Waals surface area (Å²) in [5.41, 5.74) is 8.52. The number of hydrogen-bond donors (Lipinski definition) is 3. The molecule has 1 unspecified atom stereocenters. The molecule has 6 heterocycles. The maximum Gasteiger partial charge on any atom is 0.264 e. The van der Waals surface area contributed by atoms with Crippen molar-refractivity contribution in [2.75, 3.05) is 17.2 Å². The third-order valence-corrected chi connectivity index (χ3v) is 12.1. The van der Waals surface area contributed by atoms with Gasteiger partial charge in [0.1, 0.15) is 23.1 Å². The van der Waals surface area contributed by atoms with E-state index in [-0.39, 0.29) is 29.5 Å². The van der Waals surface area contributed by atoms with Crippen molar-refractivity contribution in [2.24, 2.45) is 12.0 Å². The van der Waals surface area contributed by atoms with Gasteiger partial charge in [0.25, 0.3) is 11.8 Å². The van der Waals surface area contributed by atoms with Gasteiger partial charge in [-0.3, -0.25) is 48.3 Å². The summed E-state index contributed by atoms with van der Waals surface area (Å²) in [5.74, 6) is -0.389. The van der Waals surface area contributed by atoms with E-state index in [1.165, 1.54) is 0 Å². The summed E-state index contributed by atoms with van der Waals surface area (Å²) in [7, 11) is 1.93. The number of amides is 4. The average Bonchev–Trinajstić information content (AvgIpc) is 3.52. The van der Waals surface area contributed by atoms with Crippen molar-refractivity contribution in [1.82, 2.24) is 49.8 Å². The number of anilines is 2. The number of rotatable bonds is 14. The highest BCUT2D eigenvalue weighted by Crippen LogP contribution is 2.52. The lowest BCUT2D eigenvalue weighted by atomic mass is 9.96. The number of nitrogens with zero attached hydrogens (tertiary/aromatic N) is 10. The van der Waals surface area contributed by atoms with Crippen LogP contribution in [0.25, 0.3) is 16.8 Å². The van der Waals surface area contributed by atoms with Crippen LogP contribution in [0.3, 0.4) is 0 Å². The Balaban J connectivity index is 0.708. The zero-order valence-corrected chi connectivity index (χ0v) is 34.5. The monoisotopic (exact) mass is 831 g/mol. The predicted molar refractivity (Wildman–Crippen MR) is 229 cm³/mol. The Bertz CT molecular complexity index is 2790. The normalized spacial score (nSPS) is 17.4. The van der Waals surface area contributed by atoms with Crippen molar-refractivity contribution in [2.45, 2.75) is 83.0 Å². The topological polar surface area (TPSA) is 199 Å². The summed E-state index contributed by atoms with van der Waals surface area (Å²) in [6, 6.07) is 19.0. The molecule has 314 valence electrons. The summed E-state index contributed by atoms with van der Waals surface area (Å²) in [6.45, 7) is 3.88. The number of aliphatic imine (C=N–C) groups is 1. The molecule has 1 saturated carbocycles. The third-order valence-electron chi connectivity index (χ3n) is 12.1. The van der Waals surface area contributed by atoms with Crippen molar-refractivity contribution in [3.63, 3.8) is 0 Å². The molecule has 4 amide bonds. The van der Waals surface area contributed by atoms with Crippen molar-refractivity contribution in [3.8, 4) is 16.8 Å². The number of unbranched alkanes of at least 4 members (excludes halogenated alkanes) is 3. The predicted octanol–water partition coefficient (Wildman–Crippen LogP) is 5.09. The van der Waals surface area contributed by atoms with Gasteiger partial charge in [0, 0.05) is 60.8 Å². The first kappa shape index (κ1) is 38.9. The van der Waals surface area contributed by atoms with E-state index in [4.69, 9.17) is 4.99 Å². The lowest BCUT2D eigenvalue weighted by molar-refractivity contribution is -0.136. The summed E-state index contributed by atoms with van der Waals surface area (Å²) in [6.07, 6.45) is 11.9. The minimum Gasteiger partial charge on any atom is -0.385 e. The summed E-state index contributed by atoms with van der Waals surface area (Å²) in [4.78, 5) is 57.1. The fourth-order valence-electron chi connectivity index (χ4n) is 8.73. The molecule has 62 heavy (non-hydrogen) atoms. The highest BCUT2D eigenvalue weighted by Gasteiger charge is 2.51. The van der Waals surface area contributed by atoms with Crippen LogP contribution in [-0.2, 0) is 35.3 Å². The zero-order chi connectivity index (χ0) is 42.5. The van der Waals surface area contributed by atoms with E-state index >= 15 is 0 Å². The minimum atomic E-state index is -1.02. The molecule has 3 aliphatic heterocycles. The van der Waals surface area contributed by atoms with Crippen LogP contribution in [0.2, 0.25) is 0 Å². The standard InChI is InChI=1S/C45H45N13O4/c1-27-51-53-44-45(18-19-45)50-40(34-22-29(12-15-36(34)57(27)44)30-23-48-55(2)25-30)28-10-13-31(14-11-28)46-20-5-3-4-6-21-56-26-32(52-54-56)24-47-35-9-7-8-33-39(35)43(62)58(42(33)61)37-16-17-38(59)49-41(37)60/h7-15,22-23,25-26,37,46-47H,3-6,16-21,24H2,1-2H3,(H,49,59,60). The second-order valence-electron chi connectivity index (χ2n) is 16.5. The molecule has 1 saturated heterocycles. The molecule has 17 heteroatoms.